The van der Waals surface area contributed by atoms with Gasteiger partial charge in [0.25, 0.3) is 0 Å². The molecule has 64 valence electrons. The first kappa shape index (κ1) is 7.30. The van der Waals surface area contributed by atoms with Gasteiger partial charge in [0.05, 0.1) is 0 Å². The fourth-order valence-electron chi connectivity index (χ4n) is 0.914. The van der Waals surface area contributed by atoms with Crippen molar-refractivity contribution in [3.63, 3.8) is 0 Å². The van der Waals surface area contributed by atoms with Crippen LogP contribution in [0, 0.1) is 0 Å². The van der Waals surface area contributed by atoms with Gasteiger partial charge in [-0.25, -0.2) is 4.79 Å². The predicted molar refractivity (Wildman–Crippen MR) is 40.2 cm³/mol. The van der Waals surface area contributed by atoms with E-state index in [2.05, 4.69) is 10.2 Å². The number of aromatic amines is 1. The Bertz CT molecular complexity index is 266. The Hall–Kier alpha value is -1.36. The Kier molecular flexibility index (Phi) is 1.79. The topological polar surface area (TPSA) is 58.2 Å². The number of carbonyl (C=O) groups is 1. The van der Waals surface area contributed by atoms with Crippen molar-refractivity contribution in [2.75, 3.05) is 13.1 Å². The lowest BCUT2D eigenvalue weighted by atomic mass is 10.3. The maximum Gasteiger partial charge on any atom is 0.375 e. The average molecular weight is 167 g/mol. The van der Waals surface area contributed by atoms with Crippen molar-refractivity contribution in [2.45, 2.75) is 6.42 Å². The Labute approximate surface area is 69.3 Å². The second-order valence-electron chi connectivity index (χ2n) is 2.63. The molecule has 1 aromatic rings. The smallest absolute Gasteiger partial charge is 0.363 e. The fourth-order valence-corrected chi connectivity index (χ4v) is 0.914. The molecule has 0 aromatic carbocycles. The lowest BCUT2D eigenvalue weighted by molar-refractivity contribution is -0.147. The molecule has 5 heteroatoms. The minimum absolute atomic E-state index is 0.368. The number of hydroxylamine groups is 2. The van der Waals surface area contributed by atoms with Gasteiger partial charge in [0.1, 0.15) is 5.69 Å². The number of nitrogens with one attached hydrogen (secondary N) is 1. The molecular weight excluding hydrogens is 158 g/mol. The van der Waals surface area contributed by atoms with E-state index in [9.17, 15) is 4.79 Å². The van der Waals surface area contributed by atoms with Gasteiger partial charge in [-0.2, -0.15) is 5.10 Å². The lowest BCUT2D eigenvalue weighted by Crippen LogP contribution is -2.38. The standard InChI is InChI=1S/C7H9N3O2/c11-7(6-2-3-8-9-6)12-10-4-1-5-10/h2-3H,1,4-5H2,(H,8,9). The molecule has 1 aliphatic heterocycles. The third-order valence-corrected chi connectivity index (χ3v) is 1.75. The van der Waals surface area contributed by atoms with Gasteiger partial charge < -0.3 is 4.84 Å². The van der Waals surface area contributed by atoms with Gasteiger partial charge >= 0.3 is 5.97 Å². The number of carbonyl (C=O) groups excluding carboxylic acids is 1. The summed E-state index contributed by atoms with van der Waals surface area (Å²) in [5, 5.41) is 7.82. The van der Waals surface area contributed by atoms with E-state index in [0.29, 0.717) is 5.69 Å². The highest BCUT2D eigenvalue weighted by atomic mass is 16.7. The Morgan fingerprint density at radius 3 is 3.00 bits per heavy atom. The van der Waals surface area contributed by atoms with Gasteiger partial charge in [-0.05, 0) is 12.5 Å². The monoisotopic (exact) mass is 167 g/mol. The lowest BCUT2D eigenvalue weighted by Gasteiger charge is -2.27. The fraction of sp³-hybridized carbons (Fsp3) is 0.429. The molecule has 2 rings (SSSR count). The Morgan fingerprint density at radius 1 is 1.67 bits per heavy atom. The number of hydrogen-bond donors (Lipinski definition) is 1. The van der Waals surface area contributed by atoms with Gasteiger partial charge in [0.2, 0.25) is 0 Å². The van der Waals surface area contributed by atoms with E-state index in [-0.39, 0.29) is 5.97 Å². The molecule has 0 bridgehead atoms. The summed E-state index contributed by atoms with van der Waals surface area (Å²) in [4.78, 5) is 16.1. The molecule has 5 nitrogen and oxygen atoms in total. The van der Waals surface area contributed by atoms with Crippen LogP contribution in [0.2, 0.25) is 0 Å². The van der Waals surface area contributed by atoms with E-state index >= 15 is 0 Å². The number of nitrogens with zero attached hydrogens (tertiary/aromatic N) is 2. The van der Waals surface area contributed by atoms with Crippen LogP contribution < -0.4 is 0 Å². The maximum atomic E-state index is 11.2. The molecule has 0 saturated carbocycles. The summed E-state index contributed by atoms with van der Waals surface area (Å²) in [5.74, 6) is -0.368. The van der Waals surface area contributed by atoms with Crippen LogP contribution in [-0.4, -0.2) is 34.3 Å². The van der Waals surface area contributed by atoms with Crippen LogP contribution in [0.1, 0.15) is 16.9 Å². The molecule has 12 heavy (non-hydrogen) atoms. The first-order chi connectivity index (χ1) is 5.86. The molecule has 0 atom stereocenters. The van der Waals surface area contributed by atoms with Gasteiger partial charge in [-0.15, -0.1) is 5.06 Å². The molecule has 0 spiro atoms. The summed E-state index contributed by atoms with van der Waals surface area (Å²) in [6.07, 6.45) is 2.61. The molecule has 1 saturated heterocycles. The third kappa shape index (κ3) is 1.31. The highest BCUT2D eigenvalue weighted by Crippen LogP contribution is 2.08. The zero-order chi connectivity index (χ0) is 8.39. The van der Waals surface area contributed by atoms with Gasteiger partial charge in [0.15, 0.2) is 0 Å². The van der Waals surface area contributed by atoms with E-state index in [0.717, 1.165) is 19.5 Å². The maximum absolute atomic E-state index is 11.2. The highest BCUT2D eigenvalue weighted by Gasteiger charge is 2.19. The summed E-state index contributed by atoms with van der Waals surface area (Å²) in [5.41, 5.74) is 0.391. The molecule has 1 N–H and O–H groups in total. The summed E-state index contributed by atoms with van der Waals surface area (Å²) < 4.78 is 0. The van der Waals surface area contributed by atoms with Crippen molar-refractivity contribution in [1.29, 1.82) is 0 Å². The van der Waals surface area contributed by atoms with Crippen LogP contribution in [0.25, 0.3) is 0 Å². The first-order valence-electron chi connectivity index (χ1n) is 3.83. The van der Waals surface area contributed by atoms with Crippen LogP contribution >= 0.6 is 0 Å². The van der Waals surface area contributed by atoms with Crippen LogP contribution in [0.15, 0.2) is 12.3 Å². The van der Waals surface area contributed by atoms with Crippen LogP contribution in [0.4, 0.5) is 0 Å². The second kappa shape index (κ2) is 2.94. The zero-order valence-corrected chi connectivity index (χ0v) is 6.49. The van der Waals surface area contributed by atoms with E-state index in [1.807, 2.05) is 0 Å². The SMILES string of the molecule is O=C(ON1CCC1)c1ccn[nH]1. The minimum atomic E-state index is -0.368. The molecular formula is C7H9N3O2. The van der Waals surface area contributed by atoms with Crippen molar-refractivity contribution >= 4 is 5.97 Å². The predicted octanol–water partition coefficient (Wildman–Crippen LogP) is 0.187. The van der Waals surface area contributed by atoms with Crippen LogP contribution in [0.5, 0.6) is 0 Å². The number of aromatic nitrogens is 2. The van der Waals surface area contributed by atoms with Crippen molar-refractivity contribution in [3.05, 3.63) is 18.0 Å². The number of hydrogen-bond acceptors (Lipinski definition) is 4. The quantitative estimate of drug-likeness (QED) is 0.683. The van der Waals surface area contributed by atoms with E-state index in [1.54, 1.807) is 11.1 Å². The van der Waals surface area contributed by atoms with E-state index in [4.69, 9.17) is 4.84 Å². The molecule has 0 amide bonds. The van der Waals surface area contributed by atoms with E-state index in [1.165, 1.54) is 6.20 Å². The Morgan fingerprint density at radius 2 is 2.50 bits per heavy atom. The number of H-pyrrole nitrogens is 1. The second-order valence-corrected chi connectivity index (χ2v) is 2.63. The molecule has 2 heterocycles. The zero-order valence-electron chi connectivity index (χ0n) is 6.49. The van der Waals surface area contributed by atoms with Gasteiger partial charge in [-0.3, -0.25) is 5.10 Å². The average Bonchev–Trinajstić information content (AvgIpc) is 2.47. The molecule has 0 radical (unpaired) electrons. The van der Waals surface area contributed by atoms with E-state index < -0.39 is 0 Å². The van der Waals surface area contributed by atoms with Crippen molar-refractivity contribution in [1.82, 2.24) is 15.3 Å². The largest absolute Gasteiger partial charge is 0.375 e. The summed E-state index contributed by atoms with van der Waals surface area (Å²) in [6, 6.07) is 1.59. The third-order valence-electron chi connectivity index (χ3n) is 1.75. The van der Waals surface area contributed by atoms with Crippen LogP contribution in [0.3, 0.4) is 0 Å². The Balaban J connectivity index is 1.92. The van der Waals surface area contributed by atoms with Crippen molar-refractivity contribution in [3.8, 4) is 0 Å². The number of rotatable bonds is 2. The van der Waals surface area contributed by atoms with Gasteiger partial charge in [0, 0.05) is 19.3 Å². The summed E-state index contributed by atoms with van der Waals surface area (Å²) in [7, 11) is 0. The van der Waals surface area contributed by atoms with Gasteiger partial charge in [-0.1, -0.05) is 0 Å². The van der Waals surface area contributed by atoms with Crippen molar-refractivity contribution < 1.29 is 9.63 Å². The molecule has 0 aliphatic carbocycles. The molecule has 1 aromatic heterocycles. The van der Waals surface area contributed by atoms with Crippen molar-refractivity contribution in [2.24, 2.45) is 0 Å². The minimum Gasteiger partial charge on any atom is -0.363 e. The molecule has 1 fully saturated rings. The van der Waals surface area contributed by atoms with Crippen LogP contribution in [-0.2, 0) is 4.84 Å². The molecule has 1 aliphatic rings. The molecule has 0 unspecified atom stereocenters. The first-order valence-corrected chi connectivity index (χ1v) is 3.83. The summed E-state index contributed by atoms with van der Waals surface area (Å²) >= 11 is 0. The summed E-state index contributed by atoms with van der Waals surface area (Å²) in [6.45, 7) is 1.67. The normalized spacial score (nSPS) is 17.0. The highest BCUT2D eigenvalue weighted by molar-refractivity contribution is 5.86.